The summed E-state index contributed by atoms with van der Waals surface area (Å²) in [6.45, 7) is 7.09. The van der Waals surface area contributed by atoms with E-state index in [0.29, 0.717) is 24.8 Å². The molecule has 0 heterocycles. The Morgan fingerprint density at radius 2 is 1.68 bits per heavy atom. The zero-order chi connectivity index (χ0) is 14.3. The number of nitrogens with one attached hydrogen (secondary N) is 1. The Balaban J connectivity index is 2.71. The topological polar surface area (TPSA) is 55.4 Å². The van der Waals surface area contributed by atoms with Gasteiger partial charge in [-0.05, 0) is 37.1 Å². The van der Waals surface area contributed by atoms with Crippen LogP contribution in [0, 0.1) is 5.92 Å². The molecule has 1 N–H and O–H groups in total. The SMILES string of the molecule is CCOc1ccc(S(=O)(=O)NCC(CC)CC)cc1. The minimum Gasteiger partial charge on any atom is -0.494 e. The molecule has 0 saturated heterocycles. The van der Waals surface area contributed by atoms with Crippen LogP contribution in [0.15, 0.2) is 29.2 Å². The van der Waals surface area contributed by atoms with Gasteiger partial charge >= 0.3 is 0 Å². The smallest absolute Gasteiger partial charge is 0.240 e. The van der Waals surface area contributed by atoms with Crippen molar-refractivity contribution in [2.45, 2.75) is 38.5 Å². The van der Waals surface area contributed by atoms with Gasteiger partial charge in [-0.3, -0.25) is 0 Å². The third kappa shape index (κ3) is 4.84. The van der Waals surface area contributed by atoms with Crippen molar-refractivity contribution < 1.29 is 13.2 Å². The van der Waals surface area contributed by atoms with Gasteiger partial charge in [-0.25, -0.2) is 13.1 Å². The Morgan fingerprint density at radius 1 is 1.11 bits per heavy atom. The largest absolute Gasteiger partial charge is 0.494 e. The highest BCUT2D eigenvalue weighted by molar-refractivity contribution is 7.89. The van der Waals surface area contributed by atoms with Gasteiger partial charge in [0.15, 0.2) is 0 Å². The molecule has 0 unspecified atom stereocenters. The average Bonchev–Trinajstić information content (AvgIpc) is 2.41. The summed E-state index contributed by atoms with van der Waals surface area (Å²) in [6.07, 6.45) is 1.95. The summed E-state index contributed by atoms with van der Waals surface area (Å²) >= 11 is 0. The first-order valence-corrected chi connectivity index (χ1v) is 8.24. The molecule has 108 valence electrons. The summed E-state index contributed by atoms with van der Waals surface area (Å²) in [6, 6.07) is 6.49. The van der Waals surface area contributed by atoms with Gasteiger partial charge in [0, 0.05) is 6.54 Å². The van der Waals surface area contributed by atoms with Crippen LogP contribution in [-0.2, 0) is 10.0 Å². The minimum atomic E-state index is -3.41. The quantitative estimate of drug-likeness (QED) is 0.799. The highest BCUT2D eigenvalue weighted by Gasteiger charge is 2.15. The van der Waals surface area contributed by atoms with Crippen LogP contribution in [-0.4, -0.2) is 21.6 Å². The third-order valence-electron chi connectivity index (χ3n) is 3.16. The maximum absolute atomic E-state index is 12.1. The predicted molar refractivity (Wildman–Crippen MR) is 76.9 cm³/mol. The lowest BCUT2D eigenvalue weighted by atomic mass is 10.0. The summed E-state index contributed by atoms with van der Waals surface area (Å²) in [4.78, 5) is 0.280. The Labute approximate surface area is 116 Å². The first-order chi connectivity index (χ1) is 9.03. The summed E-state index contributed by atoms with van der Waals surface area (Å²) in [5, 5.41) is 0. The first-order valence-electron chi connectivity index (χ1n) is 6.76. The Bertz CT molecular complexity index is 464. The summed E-state index contributed by atoms with van der Waals surface area (Å²) in [5.41, 5.74) is 0. The molecular formula is C14H23NO3S. The number of ether oxygens (including phenoxy) is 1. The first kappa shape index (κ1) is 16.0. The van der Waals surface area contributed by atoms with E-state index in [0.717, 1.165) is 12.8 Å². The highest BCUT2D eigenvalue weighted by atomic mass is 32.2. The highest BCUT2D eigenvalue weighted by Crippen LogP contribution is 2.16. The van der Waals surface area contributed by atoms with Crippen molar-refractivity contribution in [1.29, 1.82) is 0 Å². The van der Waals surface area contributed by atoms with Crippen LogP contribution in [0.2, 0.25) is 0 Å². The van der Waals surface area contributed by atoms with E-state index in [1.807, 2.05) is 6.92 Å². The van der Waals surface area contributed by atoms with Gasteiger partial charge in [-0.15, -0.1) is 0 Å². The van der Waals surface area contributed by atoms with Crippen molar-refractivity contribution in [1.82, 2.24) is 4.72 Å². The monoisotopic (exact) mass is 285 g/mol. The lowest BCUT2D eigenvalue weighted by Crippen LogP contribution is -2.29. The van der Waals surface area contributed by atoms with Gasteiger partial charge in [-0.1, -0.05) is 26.7 Å². The number of hydrogen-bond acceptors (Lipinski definition) is 3. The van der Waals surface area contributed by atoms with Gasteiger partial charge in [0.25, 0.3) is 0 Å². The molecule has 0 aliphatic rings. The van der Waals surface area contributed by atoms with Crippen LogP contribution in [0.5, 0.6) is 5.75 Å². The molecule has 0 spiro atoms. The van der Waals surface area contributed by atoms with Crippen LogP contribution >= 0.6 is 0 Å². The fraction of sp³-hybridized carbons (Fsp3) is 0.571. The standard InChI is InChI=1S/C14H23NO3S/c1-4-12(5-2)11-15-19(16,17)14-9-7-13(8-10-14)18-6-3/h7-10,12,15H,4-6,11H2,1-3H3. The normalized spacial score (nSPS) is 11.8. The molecule has 0 amide bonds. The second-order valence-corrected chi connectivity index (χ2v) is 6.21. The van der Waals surface area contributed by atoms with E-state index in [4.69, 9.17) is 4.74 Å². The lowest BCUT2D eigenvalue weighted by molar-refractivity contribution is 0.340. The zero-order valence-corrected chi connectivity index (χ0v) is 12.7. The third-order valence-corrected chi connectivity index (χ3v) is 4.60. The van der Waals surface area contributed by atoms with Crippen molar-refractivity contribution in [3.05, 3.63) is 24.3 Å². The Morgan fingerprint density at radius 3 is 2.16 bits per heavy atom. The number of sulfonamides is 1. The molecule has 0 fully saturated rings. The van der Waals surface area contributed by atoms with E-state index in [-0.39, 0.29) is 4.90 Å². The van der Waals surface area contributed by atoms with Gasteiger partial charge in [0.05, 0.1) is 11.5 Å². The Kier molecular flexibility index (Phi) is 6.31. The van der Waals surface area contributed by atoms with Crippen molar-refractivity contribution in [3.8, 4) is 5.75 Å². The summed E-state index contributed by atoms with van der Waals surface area (Å²) in [7, 11) is -3.41. The fourth-order valence-electron chi connectivity index (χ4n) is 1.77. The summed E-state index contributed by atoms with van der Waals surface area (Å²) in [5.74, 6) is 1.07. The molecule has 0 aliphatic carbocycles. The van der Waals surface area contributed by atoms with Crippen LogP contribution in [0.25, 0.3) is 0 Å². The average molecular weight is 285 g/mol. The van der Waals surface area contributed by atoms with E-state index in [2.05, 4.69) is 18.6 Å². The minimum absolute atomic E-state index is 0.280. The van der Waals surface area contributed by atoms with Crippen LogP contribution in [0.3, 0.4) is 0 Å². The van der Waals surface area contributed by atoms with Crippen LogP contribution < -0.4 is 9.46 Å². The maximum atomic E-state index is 12.1. The molecule has 5 heteroatoms. The molecule has 0 atom stereocenters. The lowest BCUT2D eigenvalue weighted by Gasteiger charge is -2.13. The number of benzene rings is 1. The van der Waals surface area contributed by atoms with Crippen LogP contribution in [0.4, 0.5) is 0 Å². The van der Waals surface area contributed by atoms with Crippen molar-refractivity contribution in [2.75, 3.05) is 13.2 Å². The van der Waals surface area contributed by atoms with Gasteiger partial charge in [-0.2, -0.15) is 0 Å². The molecular weight excluding hydrogens is 262 g/mol. The van der Waals surface area contributed by atoms with Crippen molar-refractivity contribution >= 4 is 10.0 Å². The van der Waals surface area contributed by atoms with Gasteiger partial charge in [0.2, 0.25) is 10.0 Å². The van der Waals surface area contributed by atoms with Gasteiger partial charge < -0.3 is 4.74 Å². The van der Waals surface area contributed by atoms with E-state index in [9.17, 15) is 8.42 Å². The van der Waals surface area contributed by atoms with Crippen molar-refractivity contribution in [3.63, 3.8) is 0 Å². The molecule has 0 radical (unpaired) electrons. The second kappa shape index (κ2) is 7.50. The molecule has 19 heavy (non-hydrogen) atoms. The molecule has 1 aromatic carbocycles. The molecule has 4 nitrogen and oxygen atoms in total. The second-order valence-electron chi connectivity index (χ2n) is 4.44. The van der Waals surface area contributed by atoms with Gasteiger partial charge in [0.1, 0.15) is 5.75 Å². The van der Waals surface area contributed by atoms with Crippen LogP contribution in [0.1, 0.15) is 33.6 Å². The fourth-order valence-corrected chi connectivity index (χ4v) is 2.89. The molecule has 0 aliphatic heterocycles. The summed E-state index contributed by atoms with van der Waals surface area (Å²) < 4.78 is 32.1. The van der Waals surface area contributed by atoms with E-state index in [1.165, 1.54) is 0 Å². The number of rotatable bonds is 8. The Hall–Kier alpha value is -1.07. The predicted octanol–water partition coefficient (Wildman–Crippen LogP) is 2.80. The molecule has 1 aromatic rings. The zero-order valence-electron chi connectivity index (χ0n) is 11.8. The van der Waals surface area contributed by atoms with Crippen molar-refractivity contribution in [2.24, 2.45) is 5.92 Å². The maximum Gasteiger partial charge on any atom is 0.240 e. The molecule has 0 aromatic heterocycles. The van der Waals surface area contributed by atoms with E-state index < -0.39 is 10.0 Å². The molecule has 1 rings (SSSR count). The van der Waals surface area contributed by atoms with E-state index >= 15 is 0 Å². The number of hydrogen-bond donors (Lipinski definition) is 1. The molecule has 0 bridgehead atoms. The van der Waals surface area contributed by atoms with E-state index in [1.54, 1.807) is 24.3 Å². The molecule has 0 saturated carbocycles.